The number of hydrogen-bond donors (Lipinski definition) is 4. The van der Waals surface area contributed by atoms with Gasteiger partial charge in [-0.3, -0.25) is 0 Å². The Balaban J connectivity index is 2.32. The Hall–Kier alpha value is -2.55. The highest BCUT2D eigenvalue weighted by Crippen LogP contribution is 2.30. The van der Waals surface area contributed by atoms with Gasteiger partial charge in [0, 0.05) is 24.4 Å². The first-order valence-corrected chi connectivity index (χ1v) is 6.25. The van der Waals surface area contributed by atoms with Crippen molar-refractivity contribution < 1.29 is 23.4 Å². The van der Waals surface area contributed by atoms with Gasteiger partial charge in [-0.1, -0.05) is 6.07 Å². The Labute approximate surface area is 123 Å². The summed E-state index contributed by atoms with van der Waals surface area (Å²) in [6.07, 6.45) is -4.63. The summed E-state index contributed by atoms with van der Waals surface area (Å²) < 4.78 is 38.5. The van der Waals surface area contributed by atoms with E-state index in [2.05, 4.69) is 20.6 Å². The second-order valence-electron chi connectivity index (χ2n) is 4.29. The molecule has 1 aromatic heterocycles. The summed E-state index contributed by atoms with van der Waals surface area (Å²) in [5.74, 6) is -0.381. The quantitative estimate of drug-likeness (QED) is 0.677. The fourth-order valence-electron chi connectivity index (χ4n) is 1.63. The van der Waals surface area contributed by atoms with Crippen LogP contribution in [0.3, 0.4) is 0 Å². The highest BCUT2D eigenvalue weighted by atomic mass is 19.4. The first kappa shape index (κ1) is 15.8. The zero-order valence-corrected chi connectivity index (χ0v) is 11.2. The van der Waals surface area contributed by atoms with E-state index in [4.69, 9.17) is 5.11 Å². The smallest absolute Gasteiger partial charge is 0.433 e. The van der Waals surface area contributed by atoms with Crippen LogP contribution < -0.4 is 10.6 Å². The largest absolute Gasteiger partial charge is 0.508 e. The Morgan fingerprint density at radius 2 is 1.91 bits per heavy atom. The van der Waals surface area contributed by atoms with Gasteiger partial charge in [0.15, 0.2) is 5.69 Å². The SMILES string of the molecule is OCCNc1nc(Nc2cccc(O)c2)cc(C(F)(F)F)n1. The molecular formula is C13H13F3N4O2. The molecule has 1 heterocycles. The van der Waals surface area contributed by atoms with E-state index in [1.165, 1.54) is 18.2 Å². The lowest BCUT2D eigenvalue weighted by Gasteiger charge is -2.12. The van der Waals surface area contributed by atoms with Gasteiger partial charge in [0.25, 0.3) is 0 Å². The Bertz CT molecular complexity index is 649. The molecular weight excluding hydrogens is 301 g/mol. The molecule has 2 aromatic rings. The number of alkyl halides is 3. The normalized spacial score (nSPS) is 11.3. The number of aliphatic hydroxyl groups is 1. The molecule has 0 saturated heterocycles. The molecule has 4 N–H and O–H groups in total. The van der Waals surface area contributed by atoms with Crippen molar-refractivity contribution >= 4 is 17.5 Å². The molecule has 0 saturated carbocycles. The summed E-state index contributed by atoms with van der Waals surface area (Å²) in [6.45, 7) is -0.248. The highest BCUT2D eigenvalue weighted by molar-refractivity contribution is 5.59. The first-order chi connectivity index (χ1) is 10.4. The number of hydrogen-bond acceptors (Lipinski definition) is 6. The minimum atomic E-state index is -4.63. The van der Waals surface area contributed by atoms with E-state index in [-0.39, 0.29) is 30.7 Å². The van der Waals surface area contributed by atoms with Crippen LogP contribution in [0.15, 0.2) is 30.3 Å². The summed E-state index contributed by atoms with van der Waals surface area (Å²) in [4.78, 5) is 7.24. The minimum absolute atomic E-state index is 0.0207. The number of aromatic hydroxyl groups is 1. The van der Waals surface area contributed by atoms with Crippen LogP contribution >= 0.6 is 0 Å². The monoisotopic (exact) mass is 314 g/mol. The van der Waals surface area contributed by atoms with Crippen molar-refractivity contribution in [3.63, 3.8) is 0 Å². The number of nitrogens with zero attached hydrogens (tertiary/aromatic N) is 2. The van der Waals surface area contributed by atoms with E-state index in [1.807, 2.05) is 0 Å². The van der Waals surface area contributed by atoms with Crippen LogP contribution in [-0.2, 0) is 6.18 Å². The number of halogens is 3. The summed E-state index contributed by atoms with van der Waals surface area (Å²) in [5.41, 5.74) is -0.745. The van der Waals surface area contributed by atoms with Crippen LogP contribution in [0.5, 0.6) is 5.75 Å². The molecule has 0 aliphatic heterocycles. The van der Waals surface area contributed by atoms with Crippen LogP contribution in [0.25, 0.3) is 0 Å². The average Bonchev–Trinajstić information content (AvgIpc) is 2.44. The summed E-state index contributed by atoms with van der Waals surface area (Å²) in [5, 5.41) is 23.2. The van der Waals surface area contributed by atoms with Crippen LogP contribution in [0.4, 0.5) is 30.6 Å². The van der Waals surface area contributed by atoms with Crippen molar-refractivity contribution in [1.82, 2.24) is 9.97 Å². The van der Waals surface area contributed by atoms with Crippen LogP contribution in [-0.4, -0.2) is 33.3 Å². The molecule has 1 aromatic carbocycles. The molecule has 6 nitrogen and oxygen atoms in total. The molecule has 0 aliphatic carbocycles. The van der Waals surface area contributed by atoms with Crippen LogP contribution in [0.2, 0.25) is 0 Å². The number of aliphatic hydroxyl groups excluding tert-OH is 1. The van der Waals surface area contributed by atoms with Crippen molar-refractivity contribution in [3.05, 3.63) is 36.0 Å². The molecule has 0 aliphatic rings. The summed E-state index contributed by atoms with van der Waals surface area (Å²) in [7, 11) is 0. The third-order valence-electron chi connectivity index (χ3n) is 2.53. The Morgan fingerprint density at radius 3 is 2.55 bits per heavy atom. The molecule has 0 unspecified atom stereocenters. The van der Waals surface area contributed by atoms with Gasteiger partial charge in [0.2, 0.25) is 5.95 Å². The zero-order chi connectivity index (χ0) is 16.2. The topological polar surface area (TPSA) is 90.3 Å². The van der Waals surface area contributed by atoms with E-state index in [0.717, 1.165) is 6.07 Å². The van der Waals surface area contributed by atoms with Gasteiger partial charge < -0.3 is 20.8 Å². The first-order valence-electron chi connectivity index (χ1n) is 6.25. The second kappa shape index (κ2) is 6.48. The number of aromatic nitrogens is 2. The number of phenolic OH excluding ortho intramolecular Hbond substituents is 1. The number of anilines is 3. The molecule has 0 atom stereocenters. The molecule has 118 valence electrons. The maximum atomic E-state index is 12.8. The molecule has 0 bridgehead atoms. The molecule has 0 spiro atoms. The standard InChI is InChI=1S/C13H13F3N4O2/c14-13(15,16)10-7-11(20-12(19-10)17-4-5-21)18-8-2-1-3-9(22)6-8/h1-3,6-7,21-22H,4-5H2,(H2,17,18,19,20). The summed E-state index contributed by atoms with van der Waals surface area (Å²) >= 11 is 0. The lowest BCUT2D eigenvalue weighted by atomic mass is 10.3. The molecule has 22 heavy (non-hydrogen) atoms. The van der Waals surface area contributed by atoms with E-state index in [0.29, 0.717) is 5.69 Å². The van der Waals surface area contributed by atoms with E-state index in [9.17, 15) is 18.3 Å². The van der Waals surface area contributed by atoms with Crippen molar-refractivity contribution in [1.29, 1.82) is 0 Å². The average molecular weight is 314 g/mol. The summed E-state index contributed by atoms with van der Waals surface area (Å²) in [6, 6.07) is 6.63. The van der Waals surface area contributed by atoms with Crippen molar-refractivity contribution in [2.45, 2.75) is 6.18 Å². The predicted octanol–water partition coefficient (Wildman–Crippen LogP) is 2.35. The lowest BCUT2D eigenvalue weighted by Crippen LogP contribution is -2.15. The Kier molecular flexibility index (Phi) is 4.66. The lowest BCUT2D eigenvalue weighted by molar-refractivity contribution is -0.141. The maximum Gasteiger partial charge on any atom is 0.433 e. The third kappa shape index (κ3) is 4.22. The molecule has 0 fully saturated rings. The second-order valence-corrected chi connectivity index (χ2v) is 4.29. The fourth-order valence-corrected chi connectivity index (χ4v) is 1.63. The Morgan fingerprint density at radius 1 is 1.14 bits per heavy atom. The van der Waals surface area contributed by atoms with Gasteiger partial charge >= 0.3 is 6.18 Å². The van der Waals surface area contributed by atoms with Gasteiger partial charge in [0.05, 0.1) is 6.61 Å². The molecule has 9 heteroatoms. The van der Waals surface area contributed by atoms with Crippen LogP contribution in [0.1, 0.15) is 5.69 Å². The van der Waals surface area contributed by atoms with Gasteiger partial charge in [-0.25, -0.2) is 4.98 Å². The zero-order valence-electron chi connectivity index (χ0n) is 11.2. The van der Waals surface area contributed by atoms with E-state index >= 15 is 0 Å². The minimum Gasteiger partial charge on any atom is -0.508 e. The number of benzene rings is 1. The molecule has 0 amide bonds. The van der Waals surface area contributed by atoms with Gasteiger partial charge in [-0.15, -0.1) is 0 Å². The third-order valence-corrected chi connectivity index (χ3v) is 2.53. The van der Waals surface area contributed by atoms with Crippen molar-refractivity contribution in [3.8, 4) is 5.75 Å². The van der Waals surface area contributed by atoms with Gasteiger partial charge in [0.1, 0.15) is 11.6 Å². The van der Waals surface area contributed by atoms with E-state index < -0.39 is 11.9 Å². The number of phenols is 1. The van der Waals surface area contributed by atoms with Crippen LogP contribution in [0, 0.1) is 0 Å². The maximum absolute atomic E-state index is 12.8. The number of nitrogens with one attached hydrogen (secondary N) is 2. The van der Waals surface area contributed by atoms with E-state index in [1.54, 1.807) is 6.07 Å². The van der Waals surface area contributed by atoms with Gasteiger partial charge in [-0.05, 0) is 12.1 Å². The van der Waals surface area contributed by atoms with Crippen molar-refractivity contribution in [2.75, 3.05) is 23.8 Å². The number of rotatable bonds is 5. The molecule has 0 radical (unpaired) electrons. The molecule has 2 rings (SSSR count). The fraction of sp³-hybridized carbons (Fsp3) is 0.231. The predicted molar refractivity (Wildman–Crippen MR) is 74.0 cm³/mol. The van der Waals surface area contributed by atoms with Gasteiger partial charge in [-0.2, -0.15) is 18.2 Å². The highest BCUT2D eigenvalue weighted by Gasteiger charge is 2.33. The van der Waals surface area contributed by atoms with Crippen molar-refractivity contribution in [2.24, 2.45) is 0 Å².